The Kier molecular flexibility index (Phi) is 4.37. The lowest BCUT2D eigenvalue weighted by Gasteiger charge is -2.29. The van der Waals surface area contributed by atoms with Gasteiger partial charge in [-0.15, -0.1) is 0 Å². The van der Waals surface area contributed by atoms with Gasteiger partial charge >= 0.3 is 6.09 Å². The van der Waals surface area contributed by atoms with Crippen LogP contribution in [-0.4, -0.2) is 39.9 Å². The minimum Gasteiger partial charge on any atom is -0.488 e. The highest BCUT2D eigenvalue weighted by atomic mass is 32.1. The molecule has 1 heterocycles. The van der Waals surface area contributed by atoms with Crippen molar-refractivity contribution in [2.75, 3.05) is 6.54 Å². The first-order chi connectivity index (χ1) is 11.3. The lowest BCUT2D eigenvalue weighted by molar-refractivity contribution is 0.0165. The number of benzene rings is 1. The molecular weight excluding hydrogens is 324 g/mol. The zero-order chi connectivity index (χ0) is 17.4. The molecule has 6 heteroatoms. The van der Waals surface area contributed by atoms with Crippen molar-refractivity contribution in [2.45, 2.75) is 57.3 Å². The van der Waals surface area contributed by atoms with E-state index < -0.39 is 5.60 Å². The van der Waals surface area contributed by atoms with Crippen molar-refractivity contribution in [2.24, 2.45) is 4.99 Å². The van der Waals surface area contributed by atoms with Gasteiger partial charge in [0, 0.05) is 13.0 Å². The minimum absolute atomic E-state index is 0.0207. The minimum atomic E-state index is -0.482. The fourth-order valence-electron chi connectivity index (χ4n) is 3.27. The number of aliphatic imine (C=N–C) groups is 1. The largest absolute Gasteiger partial charge is 0.488 e. The number of thiocarbonyl (C=S) groups is 1. The second-order valence-electron chi connectivity index (χ2n) is 7.35. The number of amides is 1. The quantitative estimate of drug-likeness (QED) is 0.603. The Balaban J connectivity index is 1.65. The molecular formula is C18H22N2O3S. The van der Waals surface area contributed by atoms with E-state index in [0.29, 0.717) is 0 Å². The molecule has 0 N–H and O–H groups in total. The summed E-state index contributed by atoms with van der Waals surface area (Å²) in [6.07, 6.45) is 2.58. The second kappa shape index (κ2) is 6.19. The van der Waals surface area contributed by atoms with Crippen LogP contribution in [-0.2, 0) is 4.74 Å². The van der Waals surface area contributed by atoms with Gasteiger partial charge in [-0.05, 0) is 70.1 Å². The summed E-state index contributed by atoms with van der Waals surface area (Å²) in [6, 6.07) is 7.41. The van der Waals surface area contributed by atoms with Crippen molar-refractivity contribution >= 4 is 29.2 Å². The lowest BCUT2D eigenvalue weighted by atomic mass is 10.2. The van der Waals surface area contributed by atoms with Crippen LogP contribution >= 0.6 is 12.2 Å². The highest BCUT2D eigenvalue weighted by Gasteiger charge is 2.64. The molecule has 1 aromatic rings. The molecule has 2 fully saturated rings. The number of isothiocyanates is 1. The topological polar surface area (TPSA) is 51.1 Å². The number of rotatable bonds is 3. The first-order valence-electron chi connectivity index (χ1n) is 8.19. The number of hydrogen-bond acceptors (Lipinski definition) is 5. The van der Waals surface area contributed by atoms with E-state index in [1.807, 2.05) is 49.9 Å². The van der Waals surface area contributed by atoms with Crippen molar-refractivity contribution in [1.29, 1.82) is 0 Å². The molecule has 128 valence electrons. The first-order valence-corrected chi connectivity index (χ1v) is 8.60. The molecule has 24 heavy (non-hydrogen) atoms. The molecule has 0 bridgehead atoms. The monoisotopic (exact) mass is 346 g/mol. The first kappa shape index (κ1) is 16.9. The van der Waals surface area contributed by atoms with Gasteiger partial charge in [-0.2, -0.15) is 4.99 Å². The van der Waals surface area contributed by atoms with Crippen LogP contribution in [0.2, 0.25) is 0 Å². The second-order valence-corrected chi connectivity index (χ2v) is 7.53. The molecule has 0 aromatic heterocycles. The number of likely N-dealkylation sites (tertiary alicyclic amines) is 1. The Hall–Kier alpha value is -1.91. The average molecular weight is 346 g/mol. The van der Waals surface area contributed by atoms with Gasteiger partial charge in [0.1, 0.15) is 17.5 Å². The summed E-state index contributed by atoms with van der Waals surface area (Å²) < 4.78 is 11.6. The molecule has 1 saturated carbocycles. The predicted octanol–water partition coefficient (Wildman–Crippen LogP) is 4.34. The van der Waals surface area contributed by atoms with E-state index in [4.69, 9.17) is 9.47 Å². The molecule has 1 amide bonds. The Morgan fingerprint density at radius 1 is 1.38 bits per heavy atom. The molecule has 1 aliphatic heterocycles. The Labute approximate surface area is 147 Å². The van der Waals surface area contributed by atoms with Crippen LogP contribution in [0.1, 0.15) is 40.0 Å². The van der Waals surface area contributed by atoms with Crippen LogP contribution in [0.5, 0.6) is 5.75 Å². The maximum Gasteiger partial charge on any atom is 0.410 e. The molecule has 2 aliphatic rings. The molecule has 2 unspecified atom stereocenters. The van der Waals surface area contributed by atoms with E-state index in [0.717, 1.165) is 37.2 Å². The van der Waals surface area contributed by atoms with Crippen LogP contribution < -0.4 is 4.74 Å². The summed E-state index contributed by atoms with van der Waals surface area (Å²) in [7, 11) is 0. The van der Waals surface area contributed by atoms with E-state index in [1.54, 1.807) is 0 Å². The molecule has 1 saturated heterocycles. The maximum atomic E-state index is 12.5. The van der Waals surface area contributed by atoms with Crippen molar-refractivity contribution < 1.29 is 14.3 Å². The summed E-state index contributed by atoms with van der Waals surface area (Å²) in [5, 5.41) is 2.34. The molecule has 5 nitrogen and oxygen atoms in total. The third kappa shape index (κ3) is 3.45. The maximum absolute atomic E-state index is 12.5. The van der Waals surface area contributed by atoms with Crippen molar-refractivity contribution in [3.8, 4) is 5.75 Å². The number of carbonyl (C=O) groups excluding carboxylic acids is 1. The van der Waals surface area contributed by atoms with Gasteiger partial charge in [0.15, 0.2) is 0 Å². The van der Waals surface area contributed by atoms with Crippen LogP contribution in [0.3, 0.4) is 0 Å². The van der Waals surface area contributed by atoms with Gasteiger partial charge in [-0.1, -0.05) is 0 Å². The molecule has 0 radical (unpaired) electrons. The van der Waals surface area contributed by atoms with Gasteiger partial charge in [-0.3, -0.25) is 4.90 Å². The van der Waals surface area contributed by atoms with Crippen molar-refractivity contribution in [1.82, 2.24) is 4.90 Å². The normalized spacial score (nSPS) is 25.3. The van der Waals surface area contributed by atoms with Crippen molar-refractivity contribution in [3.05, 3.63) is 24.3 Å². The summed E-state index contributed by atoms with van der Waals surface area (Å²) >= 11 is 4.59. The van der Waals surface area contributed by atoms with E-state index in [2.05, 4.69) is 22.4 Å². The number of hydrogen-bond donors (Lipinski definition) is 0. The number of ether oxygens (including phenoxy) is 2. The van der Waals surface area contributed by atoms with Crippen LogP contribution in [0, 0.1) is 0 Å². The van der Waals surface area contributed by atoms with E-state index in [1.165, 1.54) is 0 Å². The van der Waals surface area contributed by atoms with Crippen LogP contribution in [0.25, 0.3) is 0 Å². The Bertz CT molecular complexity index is 676. The zero-order valence-corrected chi connectivity index (χ0v) is 15.1. The SMILES string of the molecule is CC(C)(C)OC(=O)N1CCCC12CC2Oc1ccc(N=C=S)cc1. The fourth-order valence-corrected chi connectivity index (χ4v) is 3.37. The molecule has 1 spiro atoms. The average Bonchev–Trinajstić information content (AvgIpc) is 2.98. The van der Waals surface area contributed by atoms with Gasteiger partial charge < -0.3 is 9.47 Å². The Morgan fingerprint density at radius 2 is 2.08 bits per heavy atom. The summed E-state index contributed by atoms with van der Waals surface area (Å²) in [6.45, 7) is 6.40. The highest BCUT2D eigenvalue weighted by molar-refractivity contribution is 7.78. The lowest BCUT2D eigenvalue weighted by Crippen LogP contribution is -2.43. The fraction of sp³-hybridized carbons (Fsp3) is 0.556. The Morgan fingerprint density at radius 3 is 2.71 bits per heavy atom. The molecule has 3 rings (SSSR count). The van der Waals surface area contributed by atoms with Gasteiger partial charge in [-0.25, -0.2) is 4.79 Å². The van der Waals surface area contributed by atoms with Crippen LogP contribution in [0.15, 0.2) is 29.3 Å². The van der Waals surface area contributed by atoms with Crippen molar-refractivity contribution in [3.63, 3.8) is 0 Å². The van der Waals surface area contributed by atoms with E-state index >= 15 is 0 Å². The predicted molar refractivity (Wildman–Crippen MR) is 95.1 cm³/mol. The third-order valence-corrected chi connectivity index (χ3v) is 4.50. The van der Waals surface area contributed by atoms with Crippen LogP contribution in [0.4, 0.5) is 10.5 Å². The molecule has 1 aromatic carbocycles. The number of carbonyl (C=O) groups is 1. The standard InChI is InChI=1S/C18H22N2O3S/c1-17(2,3)23-16(21)20-10-4-9-18(20)11-15(18)22-14-7-5-13(6-8-14)19-12-24/h5-8,15H,4,9-11H2,1-3H3. The third-order valence-electron chi connectivity index (χ3n) is 4.41. The number of nitrogens with zero attached hydrogens (tertiary/aromatic N) is 2. The summed E-state index contributed by atoms with van der Waals surface area (Å²) in [5.74, 6) is 0.774. The highest BCUT2D eigenvalue weighted by Crippen LogP contribution is 2.52. The summed E-state index contributed by atoms with van der Waals surface area (Å²) in [4.78, 5) is 18.2. The van der Waals surface area contributed by atoms with Gasteiger partial charge in [0.2, 0.25) is 0 Å². The zero-order valence-electron chi connectivity index (χ0n) is 14.2. The smallest absolute Gasteiger partial charge is 0.410 e. The molecule has 2 atom stereocenters. The summed E-state index contributed by atoms with van der Waals surface area (Å²) in [5.41, 5.74) is 0.0664. The van der Waals surface area contributed by atoms with E-state index in [9.17, 15) is 4.79 Å². The van der Waals surface area contributed by atoms with Gasteiger partial charge in [0.25, 0.3) is 0 Å². The van der Waals surface area contributed by atoms with Gasteiger partial charge in [0.05, 0.1) is 16.4 Å². The molecule has 1 aliphatic carbocycles. The van der Waals surface area contributed by atoms with E-state index in [-0.39, 0.29) is 17.7 Å².